The molecule has 1 heterocycles. The molecule has 1 aliphatic heterocycles. The molecule has 1 unspecified atom stereocenters. The number of hydrogen-bond donors (Lipinski definition) is 1. The van der Waals surface area contributed by atoms with Crippen molar-refractivity contribution in [2.24, 2.45) is 0 Å². The Morgan fingerprint density at radius 2 is 1.81 bits per heavy atom. The van der Waals surface area contributed by atoms with E-state index in [9.17, 15) is 0 Å². The molecule has 2 heteroatoms. The predicted molar refractivity (Wildman–Crippen MR) is 71.9 cm³/mol. The zero-order valence-corrected chi connectivity index (χ0v) is 11.6. The minimum Gasteiger partial charge on any atom is -0.311 e. The van der Waals surface area contributed by atoms with Gasteiger partial charge in [0.2, 0.25) is 0 Å². The van der Waals surface area contributed by atoms with Gasteiger partial charge in [-0.25, -0.2) is 0 Å². The van der Waals surface area contributed by atoms with E-state index in [0.717, 1.165) is 12.1 Å². The largest absolute Gasteiger partial charge is 0.311 e. The molecule has 0 amide bonds. The summed E-state index contributed by atoms with van der Waals surface area (Å²) in [6.07, 6.45) is 6.67. The van der Waals surface area contributed by atoms with Crippen LogP contribution in [0, 0.1) is 0 Å². The maximum absolute atomic E-state index is 3.79. The number of unbranched alkanes of at least 4 members (excludes halogenated alkanes) is 1. The van der Waals surface area contributed by atoms with Gasteiger partial charge in [-0.05, 0) is 53.1 Å². The first-order chi connectivity index (χ1) is 7.63. The zero-order chi connectivity index (χ0) is 12.0. The third kappa shape index (κ3) is 4.84. The SMILES string of the molecule is CCCCC(C)NC1CCN(C(C)C)CC1. The normalized spacial score (nSPS) is 21.6. The second-order valence-electron chi connectivity index (χ2n) is 5.61. The van der Waals surface area contributed by atoms with Crippen LogP contribution < -0.4 is 5.32 Å². The van der Waals surface area contributed by atoms with Crippen LogP contribution in [0.2, 0.25) is 0 Å². The Kier molecular flexibility index (Phi) is 6.37. The summed E-state index contributed by atoms with van der Waals surface area (Å²) in [6.45, 7) is 11.8. The summed E-state index contributed by atoms with van der Waals surface area (Å²) in [7, 11) is 0. The topological polar surface area (TPSA) is 15.3 Å². The lowest BCUT2D eigenvalue weighted by atomic mass is 10.0. The standard InChI is InChI=1S/C14H30N2/c1-5-6-7-13(4)15-14-8-10-16(11-9-14)12(2)3/h12-15H,5-11H2,1-4H3. The number of nitrogens with zero attached hydrogens (tertiary/aromatic N) is 1. The van der Waals surface area contributed by atoms with Crippen molar-refractivity contribution in [1.82, 2.24) is 10.2 Å². The lowest BCUT2D eigenvalue weighted by Gasteiger charge is -2.36. The van der Waals surface area contributed by atoms with E-state index in [0.29, 0.717) is 6.04 Å². The molecule has 0 aliphatic carbocycles. The highest BCUT2D eigenvalue weighted by Crippen LogP contribution is 2.14. The number of piperidine rings is 1. The van der Waals surface area contributed by atoms with Crippen molar-refractivity contribution in [1.29, 1.82) is 0 Å². The Hall–Kier alpha value is -0.0800. The highest BCUT2D eigenvalue weighted by molar-refractivity contribution is 4.80. The summed E-state index contributed by atoms with van der Waals surface area (Å²) in [5.74, 6) is 0. The summed E-state index contributed by atoms with van der Waals surface area (Å²) in [4.78, 5) is 2.59. The molecule has 0 bridgehead atoms. The molecule has 1 N–H and O–H groups in total. The van der Waals surface area contributed by atoms with E-state index in [1.165, 1.54) is 45.2 Å². The van der Waals surface area contributed by atoms with E-state index in [-0.39, 0.29) is 0 Å². The molecule has 0 aromatic heterocycles. The van der Waals surface area contributed by atoms with Crippen molar-refractivity contribution < 1.29 is 0 Å². The molecule has 1 fully saturated rings. The first kappa shape index (κ1) is 14.0. The number of likely N-dealkylation sites (tertiary alicyclic amines) is 1. The van der Waals surface area contributed by atoms with Crippen molar-refractivity contribution in [3.63, 3.8) is 0 Å². The van der Waals surface area contributed by atoms with Gasteiger partial charge in [0.15, 0.2) is 0 Å². The number of nitrogens with one attached hydrogen (secondary N) is 1. The van der Waals surface area contributed by atoms with Gasteiger partial charge in [-0.3, -0.25) is 0 Å². The van der Waals surface area contributed by atoms with Crippen LogP contribution in [-0.4, -0.2) is 36.1 Å². The smallest absolute Gasteiger partial charge is 0.00938 e. The second-order valence-corrected chi connectivity index (χ2v) is 5.61. The van der Waals surface area contributed by atoms with Crippen molar-refractivity contribution in [3.05, 3.63) is 0 Å². The first-order valence-electron chi connectivity index (χ1n) is 7.13. The van der Waals surface area contributed by atoms with E-state index < -0.39 is 0 Å². The van der Waals surface area contributed by atoms with Gasteiger partial charge in [0, 0.05) is 18.1 Å². The lowest BCUT2D eigenvalue weighted by Crippen LogP contribution is -2.47. The van der Waals surface area contributed by atoms with E-state index in [1.54, 1.807) is 0 Å². The molecule has 2 nitrogen and oxygen atoms in total. The molecule has 0 saturated carbocycles. The van der Waals surface area contributed by atoms with Gasteiger partial charge in [-0.1, -0.05) is 19.8 Å². The first-order valence-corrected chi connectivity index (χ1v) is 7.13. The molecule has 1 rings (SSSR count). The third-order valence-electron chi connectivity index (χ3n) is 3.77. The average molecular weight is 226 g/mol. The molecule has 1 atom stereocenters. The Balaban J connectivity index is 2.16. The lowest BCUT2D eigenvalue weighted by molar-refractivity contribution is 0.156. The monoisotopic (exact) mass is 226 g/mol. The fourth-order valence-corrected chi connectivity index (χ4v) is 2.58. The van der Waals surface area contributed by atoms with Crippen LogP contribution in [-0.2, 0) is 0 Å². The van der Waals surface area contributed by atoms with Crippen molar-refractivity contribution in [2.45, 2.75) is 77.9 Å². The Bertz CT molecular complexity index is 172. The molecule has 1 aliphatic rings. The second kappa shape index (κ2) is 7.29. The van der Waals surface area contributed by atoms with E-state index in [2.05, 4.69) is 37.9 Å². The summed E-state index contributed by atoms with van der Waals surface area (Å²) >= 11 is 0. The van der Waals surface area contributed by atoms with Gasteiger partial charge in [0.05, 0.1) is 0 Å². The number of hydrogen-bond acceptors (Lipinski definition) is 2. The quantitative estimate of drug-likeness (QED) is 0.749. The van der Waals surface area contributed by atoms with Crippen molar-refractivity contribution in [2.75, 3.05) is 13.1 Å². The van der Waals surface area contributed by atoms with E-state index in [1.807, 2.05) is 0 Å². The number of rotatable bonds is 6. The molecule has 16 heavy (non-hydrogen) atoms. The third-order valence-corrected chi connectivity index (χ3v) is 3.77. The summed E-state index contributed by atoms with van der Waals surface area (Å²) in [6, 6.07) is 2.19. The van der Waals surface area contributed by atoms with Crippen LogP contribution in [0.25, 0.3) is 0 Å². The Morgan fingerprint density at radius 1 is 1.19 bits per heavy atom. The highest BCUT2D eigenvalue weighted by atomic mass is 15.2. The molecular formula is C14H30N2. The van der Waals surface area contributed by atoms with Crippen LogP contribution in [0.1, 0.15) is 59.8 Å². The molecule has 0 radical (unpaired) electrons. The van der Waals surface area contributed by atoms with Gasteiger partial charge in [0.1, 0.15) is 0 Å². The van der Waals surface area contributed by atoms with Crippen molar-refractivity contribution in [3.8, 4) is 0 Å². The van der Waals surface area contributed by atoms with Gasteiger partial charge >= 0.3 is 0 Å². The minimum atomic E-state index is 0.704. The molecule has 0 aromatic rings. The van der Waals surface area contributed by atoms with Crippen LogP contribution in [0.3, 0.4) is 0 Å². The minimum absolute atomic E-state index is 0.704. The van der Waals surface area contributed by atoms with Gasteiger partial charge in [0.25, 0.3) is 0 Å². The van der Waals surface area contributed by atoms with E-state index in [4.69, 9.17) is 0 Å². The van der Waals surface area contributed by atoms with E-state index >= 15 is 0 Å². The van der Waals surface area contributed by atoms with Crippen LogP contribution >= 0.6 is 0 Å². The van der Waals surface area contributed by atoms with Crippen molar-refractivity contribution >= 4 is 0 Å². The predicted octanol–water partition coefficient (Wildman–Crippen LogP) is 3.03. The maximum atomic E-state index is 3.79. The fraction of sp³-hybridized carbons (Fsp3) is 1.00. The average Bonchev–Trinajstić information content (AvgIpc) is 2.27. The molecule has 96 valence electrons. The van der Waals surface area contributed by atoms with Gasteiger partial charge in [-0.15, -0.1) is 0 Å². The molecular weight excluding hydrogens is 196 g/mol. The summed E-state index contributed by atoms with van der Waals surface area (Å²) in [5.41, 5.74) is 0. The molecule has 1 saturated heterocycles. The Labute approximate surface area is 102 Å². The fourth-order valence-electron chi connectivity index (χ4n) is 2.58. The van der Waals surface area contributed by atoms with Gasteiger partial charge in [-0.2, -0.15) is 0 Å². The van der Waals surface area contributed by atoms with Crippen LogP contribution in [0.5, 0.6) is 0 Å². The molecule has 0 aromatic carbocycles. The van der Waals surface area contributed by atoms with Gasteiger partial charge < -0.3 is 10.2 Å². The Morgan fingerprint density at radius 3 is 2.31 bits per heavy atom. The van der Waals surface area contributed by atoms with Crippen LogP contribution in [0.15, 0.2) is 0 Å². The highest BCUT2D eigenvalue weighted by Gasteiger charge is 2.21. The summed E-state index contributed by atoms with van der Waals surface area (Å²) in [5, 5.41) is 3.79. The van der Waals surface area contributed by atoms with Crippen LogP contribution in [0.4, 0.5) is 0 Å². The zero-order valence-electron chi connectivity index (χ0n) is 11.6. The summed E-state index contributed by atoms with van der Waals surface area (Å²) < 4.78 is 0. The maximum Gasteiger partial charge on any atom is 0.00938 e. The molecule has 0 spiro atoms.